The minimum atomic E-state index is -0.643. The van der Waals surface area contributed by atoms with Gasteiger partial charge in [0.25, 0.3) is 5.56 Å². The predicted octanol–water partition coefficient (Wildman–Crippen LogP) is 4.21. The van der Waals surface area contributed by atoms with E-state index in [2.05, 4.69) is 25.8 Å². The van der Waals surface area contributed by atoms with Crippen molar-refractivity contribution in [2.24, 2.45) is 4.99 Å². The van der Waals surface area contributed by atoms with E-state index in [0.717, 1.165) is 47.5 Å². The van der Waals surface area contributed by atoms with Crippen LogP contribution in [0.1, 0.15) is 50.5 Å². The smallest absolute Gasteiger partial charge is 0.338 e. The number of allylic oxidation sites excluding steroid dienone is 1. The number of rotatable bonds is 6. The van der Waals surface area contributed by atoms with E-state index in [4.69, 9.17) is 9.15 Å². The second kappa shape index (κ2) is 10.9. The van der Waals surface area contributed by atoms with Crippen molar-refractivity contribution in [3.8, 4) is 0 Å². The Morgan fingerprint density at radius 1 is 1.24 bits per heavy atom. The first-order chi connectivity index (χ1) is 18.3. The summed E-state index contributed by atoms with van der Waals surface area (Å²) in [5.41, 5.74) is 2.53. The van der Waals surface area contributed by atoms with Crippen LogP contribution in [-0.2, 0) is 9.53 Å². The van der Waals surface area contributed by atoms with Crippen LogP contribution in [0.25, 0.3) is 6.08 Å². The van der Waals surface area contributed by atoms with Crippen LogP contribution in [0.2, 0.25) is 0 Å². The molecule has 1 atom stereocenters. The third kappa shape index (κ3) is 4.99. The zero-order valence-electron chi connectivity index (χ0n) is 22.0. The van der Waals surface area contributed by atoms with E-state index >= 15 is 0 Å². The SMILES string of the molecule is CCOC(=O)C1=C(C)N=c2s/c(=C/c3cc(Br)c(N4CCCCC4)o3)c(=O)n2[C@H]1c1ccc(N(C)C)cc1. The molecule has 0 spiro atoms. The molecule has 2 aliphatic rings. The second-order valence-corrected chi connectivity index (χ2v) is 11.5. The third-order valence-corrected chi connectivity index (χ3v) is 8.40. The molecule has 0 radical (unpaired) electrons. The first-order valence-electron chi connectivity index (χ1n) is 12.8. The summed E-state index contributed by atoms with van der Waals surface area (Å²) in [5, 5.41) is 0. The van der Waals surface area contributed by atoms with Gasteiger partial charge in [-0.15, -0.1) is 0 Å². The zero-order chi connectivity index (χ0) is 27.0. The maximum Gasteiger partial charge on any atom is 0.338 e. The molecule has 0 saturated carbocycles. The van der Waals surface area contributed by atoms with Crippen molar-refractivity contribution in [3.05, 3.63) is 77.1 Å². The highest BCUT2D eigenvalue weighted by Gasteiger charge is 2.33. The lowest BCUT2D eigenvalue weighted by Gasteiger charge is -2.26. The van der Waals surface area contributed by atoms with Crippen molar-refractivity contribution in [2.75, 3.05) is 43.6 Å². The molecule has 1 fully saturated rings. The predicted molar refractivity (Wildman–Crippen MR) is 154 cm³/mol. The zero-order valence-corrected chi connectivity index (χ0v) is 24.4. The molecule has 0 N–H and O–H groups in total. The summed E-state index contributed by atoms with van der Waals surface area (Å²) in [6.45, 7) is 5.70. The fourth-order valence-corrected chi connectivity index (χ4v) is 6.54. The molecule has 1 saturated heterocycles. The van der Waals surface area contributed by atoms with Crippen LogP contribution in [0.15, 0.2) is 60.3 Å². The molecule has 4 heterocycles. The number of carbonyl (C=O) groups is 1. The van der Waals surface area contributed by atoms with Crippen LogP contribution in [-0.4, -0.2) is 44.3 Å². The van der Waals surface area contributed by atoms with Crippen LogP contribution >= 0.6 is 27.3 Å². The van der Waals surface area contributed by atoms with Gasteiger partial charge >= 0.3 is 5.97 Å². The average Bonchev–Trinajstić information content (AvgIpc) is 3.42. The lowest BCUT2D eigenvalue weighted by molar-refractivity contribution is -0.139. The van der Waals surface area contributed by atoms with Crippen LogP contribution < -0.4 is 24.7 Å². The van der Waals surface area contributed by atoms with Gasteiger partial charge in [0.1, 0.15) is 5.76 Å². The highest BCUT2D eigenvalue weighted by Crippen LogP contribution is 2.33. The standard InChI is InChI=1S/C28H31BrN4O4S/c1-5-36-27(35)23-17(2)30-28-33(24(23)18-9-11-19(12-10-18)31(3)4)25(34)22(38-28)16-20-15-21(29)26(37-20)32-13-7-6-8-14-32/h9-12,15-16,24H,5-8,13-14H2,1-4H3/b22-16+/t24-/m0/s1. The first kappa shape index (κ1) is 26.5. The fraction of sp³-hybridized carbons (Fsp3) is 0.393. The first-order valence-corrected chi connectivity index (χ1v) is 14.4. The van der Waals surface area contributed by atoms with E-state index in [1.54, 1.807) is 24.5 Å². The second-order valence-electron chi connectivity index (χ2n) is 9.64. The molecular weight excluding hydrogens is 568 g/mol. The number of ether oxygens (including phenoxy) is 1. The quantitative estimate of drug-likeness (QED) is 0.395. The number of carbonyl (C=O) groups excluding carboxylic acids is 1. The van der Waals surface area contributed by atoms with Gasteiger partial charge in [0.05, 0.1) is 32.9 Å². The largest absolute Gasteiger partial charge is 0.463 e. The Morgan fingerprint density at radius 3 is 2.61 bits per heavy atom. The molecule has 1 aromatic carbocycles. The van der Waals surface area contributed by atoms with Gasteiger partial charge < -0.3 is 19.0 Å². The highest BCUT2D eigenvalue weighted by molar-refractivity contribution is 9.10. The van der Waals surface area contributed by atoms with Gasteiger partial charge in [0.2, 0.25) is 5.88 Å². The van der Waals surface area contributed by atoms with Gasteiger partial charge in [-0.3, -0.25) is 9.36 Å². The molecule has 2 aliphatic heterocycles. The molecule has 0 amide bonds. The summed E-state index contributed by atoms with van der Waals surface area (Å²) in [7, 11) is 3.94. The third-order valence-electron chi connectivity index (χ3n) is 6.85. The Bertz CT molecular complexity index is 1560. The van der Waals surface area contributed by atoms with Crippen molar-refractivity contribution in [1.29, 1.82) is 0 Å². The number of piperidine rings is 1. The van der Waals surface area contributed by atoms with Crippen molar-refractivity contribution in [2.45, 2.75) is 39.2 Å². The van der Waals surface area contributed by atoms with E-state index in [9.17, 15) is 9.59 Å². The molecule has 38 heavy (non-hydrogen) atoms. The Balaban J connectivity index is 1.62. The van der Waals surface area contributed by atoms with Crippen LogP contribution in [0.5, 0.6) is 0 Å². The summed E-state index contributed by atoms with van der Waals surface area (Å²) >= 11 is 4.92. The van der Waals surface area contributed by atoms with Gasteiger partial charge in [0.15, 0.2) is 4.80 Å². The van der Waals surface area contributed by atoms with Gasteiger partial charge in [-0.05, 0) is 66.7 Å². The summed E-state index contributed by atoms with van der Waals surface area (Å²) in [5.74, 6) is 0.921. The molecule has 10 heteroatoms. The lowest BCUT2D eigenvalue weighted by atomic mass is 9.95. The maximum atomic E-state index is 13.8. The van der Waals surface area contributed by atoms with Crippen molar-refractivity contribution in [1.82, 2.24) is 4.57 Å². The van der Waals surface area contributed by atoms with Crippen molar-refractivity contribution >= 4 is 50.9 Å². The molecule has 200 valence electrons. The van der Waals surface area contributed by atoms with Gasteiger partial charge in [-0.2, -0.15) is 0 Å². The summed E-state index contributed by atoms with van der Waals surface area (Å²) in [6, 6.07) is 9.11. The highest BCUT2D eigenvalue weighted by atomic mass is 79.9. The molecule has 2 aromatic heterocycles. The molecule has 0 aliphatic carbocycles. The number of esters is 1. The van der Waals surface area contributed by atoms with Gasteiger partial charge in [-0.1, -0.05) is 23.5 Å². The number of hydrogen-bond donors (Lipinski definition) is 0. The number of hydrogen-bond acceptors (Lipinski definition) is 8. The van der Waals surface area contributed by atoms with Gasteiger partial charge in [-0.25, -0.2) is 9.79 Å². The number of anilines is 2. The topological polar surface area (TPSA) is 80.3 Å². The summed E-state index contributed by atoms with van der Waals surface area (Å²) in [4.78, 5) is 36.4. The molecule has 0 unspecified atom stereocenters. The minimum Gasteiger partial charge on any atom is -0.463 e. The van der Waals surface area contributed by atoms with Crippen LogP contribution in [0.4, 0.5) is 11.6 Å². The monoisotopic (exact) mass is 598 g/mol. The minimum absolute atomic E-state index is 0.225. The number of nitrogens with zero attached hydrogens (tertiary/aromatic N) is 4. The molecule has 3 aromatic rings. The molecule has 8 nitrogen and oxygen atoms in total. The summed E-state index contributed by atoms with van der Waals surface area (Å²) in [6.07, 6.45) is 5.27. The number of furan rings is 1. The van der Waals surface area contributed by atoms with Crippen molar-refractivity contribution in [3.63, 3.8) is 0 Å². The Labute approximate surface area is 233 Å². The average molecular weight is 600 g/mol. The summed E-state index contributed by atoms with van der Waals surface area (Å²) < 4.78 is 14.5. The lowest BCUT2D eigenvalue weighted by Crippen LogP contribution is -2.39. The van der Waals surface area contributed by atoms with Crippen molar-refractivity contribution < 1.29 is 13.9 Å². The molecule has 5 rings (SSSR count). The van der Waals surface area contributed by atoms with E-state index in [1.165, 1.54) is 17.8 Å². The number of aromatic nitrogens is 1. The number of benzene rings is 1. The maximum absolute atomic E-state index is 13.8. The van der Waals surface area contributed by atoms with E-state index < -0.39 is 12.0 Å². The van der Waals surface area contributed by atoms with Gasteiger partial charge in [0, 0.05) is 45.0 Å². The van der Waals surface area contributed by atoms with Crippen LogP contribution in [0.3, 0.4) is 0 Å². The van der Waals surface area contributed by atoms with Crippen LogP contribution in [0, 0.1) is 0 Å². The number of fused-ring (bicyclic) bond motifs is 1. The molecule has 0 bridgehead atoms. The Kier molecular flexibility index (Phi) is 7.63. The Hall–Kier alpha value is -3.11. The number of halogens is 1. The van der Waals surface area contributed by atoms with E-state index in [-0.39, 0.29) is 12.2 Å². The van der Waals surface area contributed by atoms with E-state index in [1.807, 2.05) is 49.3 Å². The number of thiazole rings is 1. The molecular formula is C28H31BrN4O4S. The fourth-order valence-electron chi connectivity index (χ4n) is 4.95. The normalized spacial score (nSPS) is 17.9. The Morgan fingerprint density at radius 2 is 1.95 bits per heavy atom. The van der Waals surface area contributed by atoms with E-state index in [0.29, 0.717) is 26.4 Å².